The predicted octanol–water partition coefficient (Wildman–Crippen LogP) is -0.667. The Kier molecular flexibility index (Phi) is 3.04. The lowest BCUT2D eigenvalue weighted by molar-refractivity contribution is -0.128. The molecule has 0 aromatic rings. The van der Waals surface area contributed by atoms with Crippen molar-refractivity contribution in [2.24, 2.45) is 0 Å². The Morgan fingerprint density at radius 1 is 1.83 bits per heavy atom. The summed E-state index contributed by atoms with van der Waals surface area (Å²) in [5.41, 5.74) is 2.16. The standard InChI is InChI=1S/C7H12N2O3/c1-2-3-6(10)8-5-4-12-9-7(5)11/h5H,2-4H2,1H3,(H,8,10)(H,9,11)/t5-/m1/s1. The molecule has 0 aliphatic carbocycles. The van der Waals surface area contributed by atoms with Gasteiger partial charge in [0.15, 0.2) is 0 Å². The van der Waals surface area contributed by atoms with Crippen molar-refractivity contribution in [2.45, 2.75) is 25.8 Å². The molecule has 0 aromatic heterocycles. The number of carbonyl (C=O) groups is 2. The summed E-state index contributed by atoms with van der Waals surface area (Å²) in [5, 5.41) is 2.55. The third kappa shape index (κ3) is 2.20. The highest BCUT2D eigenvalue weighted by molar-refractivity contribution is 5.88. The molecule has 1 rings (SSSR count). The van der Waals surface area contributed by atoms with Crippen LogP contribution < -0.4 is 10.8 Å². The molecule has 5 nitrogen and oxygen atoms in total. The molecule has 2 N–H and O–H groups in total. The zero-order valence-corrected chi connectivity index (χ0v) is 6.92. The van der Waals surface area contributed by atoms with Crippen LogP contribution >= 0.6 is 0 Å². The van der Waals surface area contributed by atoms with Crippen molar-refractivity contribution in [3.05, 3.63) is 0 Å². The Bertz CT molecular complexity index is 193. The van der Waals surface area contributed by atoms with E-state index in [0.29, 0.717) is 6.42 Å². The topological polar surface area (TPSA) is 67.4 Å². The highest BCUT2D eigenvalue weighted by Gasteiger charge is 2.26. The van der Waals surface area contributed by atoms with Gasteiger partial charge in [0.05, 0.1) is 0 Å². The Morgan fingerprint density at radius 3 is 3.08 bits per heavy atom. The molecule has 1 saturated heterocycles. The van der Waals surface area contributed by atoms with Gasteiger partial charge in [-0.2, -0.15) is 0 Å². The molecule has 0 radical (unpaired) electrons. The van der Waals surface area contributed by atoms with Crippen LogP contribution in [0.2, 0.25) is 0 Å². The first kappa shape index (κ1) is 8.99. The van der Waals surface area contributed by atoms with Crippen LogP contribution in [0.4, 0.5) is 0 Å². The van der Waals surface area contributed by atoms with Crippen LogP contribution in [-0.2, 0) is 14.4 Å². The quantitative estimate of drug-likeness (QED) is 0.593. The van der Waals surface area contributed by atoms with Gasteiger partial charge in [0.1, 0.15) is 12.6 Å². The molecule has 1 atom stereocenters. The maximum atomic E-state index is 11.0. The normalized spacial score (nSPS) is 22.1. The maximum absolute atomic E-state index is 11.0. The van der Waals surface area contributed by atoms with Gasteiger partial charge in [0.2, 0.25) is 5.91 Å². The molecule has 0 spiro atoms. The van der Waals surface area contributed by atoms with Crippen LogP contribution in [0.3, 0.4) is 0 Å². The summed E-state index contributed by atoms with van der Waals surface area (Å²) in [6.07, 6.45) is 1.23. The first-order valence-corrected chi connectivity index (χ1v) is 3.95. The van der Waals surface area contributed by atoms with Gasteiger partial charge in [-0.3, -0.25) is 14.4 Å². The fourth-order valence-electron chi connectivity index (χ4n) is 0.944. The zero-order valence-electron chi connectivity index (χ0n) is 6.92. The van der Waals surface area contributed by atoms with E-state index in [0.717, 1.165) is 6.42 Å². The molecule has 68 valence electrons. The van der Waals surface area contributed by atoms with Gasteiger partial charge < -0.3 is 5.32 Å². The highest BCUT2D eigenvalue weighted by Crippen LogP contribution is 1.95. The van der Waals surface area contributed by atoms with Crippen LogP contribution in [0.5, 0.6) is 0 Å². The SMILES string of the molecule is CCCC(=O)N[C@@H]1CONC1=O. The van der Waals surface area contributed by atoms with Crippen molar-refractivity contribution in [3.63, 3.8) is 0 Å². The minimum atomic E-state index is -0.510. The number of rotatable bonds is 3. The molecule has 1 fully saturated rings. The lowest BCUT2D eigenvalue weighted by Crippen LogP contribution is -2.41. The smallest absolute Gasteiger partial charge is 0.268 e. The van der Waals surface area contributed by atoms with E-state index in [1.54, 1.807) is 0 Å². The van der Waals surface area contributed by atoms with E-state index in [4.69, 9.17) is 0 Å². The van der Waals surface area contributed by atoms with Crippen molar-refractivity contribution in [3.8, 4) is 0 Å². The summed E-state index contributed by atoms with van der Waals surface area (Å²) in [6, 6.07) is -0.510. The van der Waals surface area contributed by atoms with E-state index in [1.807, 2.05) is 6.92 Å². The van der Waals surface area contributed by atoms with E-state index >= 15 is 0 Å². The second-order valence-electron chi connectivity index (χ2n) is 2.65. The van der Waals surface area contributed by atoms with Crippen molar-refractivity contribution in [2.75, 3.05) is 6.61 Å². The van der Waals surface area contributed by atoms with E-state index in [9.17, 15) is 9.59 Å². The van der Waals surface area contributed by atoms with Crippen LogP contribution in [0, 0.1) is 0 Å². The van der Waals surface area contributed by atoms with E-state index in [1.165, 1.54) is 0 Å². The summed E-state index contributed by atoms with van der Waals surface area (Å²) in [7, 11) is 0. The van der Waals surface area contributed by atoms with Gasteiger partial charge in [0.25, 0.3) is 5.91 Å². The Hall–Kier alpha value is -1.10. The van der Waals surface area contributed by atoms with Crippen molar-refractivity contribution < 1.29 is 14.4 Å². The Balaban J connectivity index is 2.30. The molecule has 1 aliphatic heterocycles. The number of hydrogen-bond donors (Lipinski definition) is 2. The summed E-state index contributed by atoms with van der Waals surface area (Å²) in [6.45, 7) is 2.12. The molecule has 0 aromatic carbocycles. The summed E-state index contributed by atoms with van der Waals surface area (Å²) >= 11 is 0. The monoisotopic (exact) mass is 172 g/mol. The minimum Gasteiger partial charge on any atom is -0.342 e. The molecular formula is C7H12N2O3. The largest absolute Gasteiger partial charge is 0.342 e. The lowest BCUT2D eigenvalue weighted by atomic mass is 10.2. The highest BCUT2D eigenvalue weighted by atomic mass is 16.7. The fraction of sp³-hybridized carbons (Fsp3) is 0.714. The second kappa shape index (κ2) is 4.06. The average Bonchev–Trinajstić information content (AvgIpc) is 2.37. The van der Waals surface area contributed by atoms with Gasteiger partial charge >= 0.3 is 0 Å². The maximum Gasteiger partial charge on any atom is 0.268 e. The molecule has 2 amide bonds. The minimum absolute atomic E-state index is 0.108. The van der Waals surface area contributed by atoms with Gasteiger partial charge in [-0.15, -0.1) is 0 Å². The number of hydroxylamine groups is 1. The first-order valence-electron chi connectivity index (χ1n) is 3.95. The number of hydrogen-bond acceptors (Lipinski definition) is 3. The lowest BCUT2D eigenvalue weighted by Gasteiger charge is -2.06. The van der Waals surface area contributed by atoms with Gasteiger partial charge in [-0.1, -0.05) is 6.92 Å². The third-order valence-electron chi connectivity index (χ3n) is 1.55. The third-order valence-corrected chi connectivity index (χ3v) is 1.55. The van der Waals surface area contributed by atoms with E-state index in [2.05, 4.69) is 15.6 Å². The second-order valence-corrected chi connectivity index (χ2v) is 2.65. The Morgan fingerprint density at radius 2 is 2.58 bits per heavy atom. The molecule has 0 unspecified atom stereocenters. The average molecular weight is 172 g/mol. The van der Waals surface area contributed by atoms with E-state index in [-0.39, 0.29) is 18.4 Å². The number of nitrogens with one attached hydrogen (secondary N) is 2. The number of carbonyl (C=O) groups excluding carboxylic acids is 2. The van der Waals surface area contributed by atoms with Gasteiger partial charge in [-0.05, 0) is 6.42 Å². The zero-order chi connectivity index (χ0) is 8.97. The summed E-state index contributed by atoms with van der Waals surface area (Å²) < 4.78 is 0. The molecule has 1 aliphatic rings. The van der Waals surface area contributed by atoms with Gasteiger partial charge in [-0.25, -0.2) is 5.48 Å². The molecular weight excluding hydrogens is 160 g/mol. The molecule has 5 heteroatoms. The van der Waals surface area contributed by atoms with E-state index < -0.39 is 6.04 Å². The van der Waals surface area contributed by atoms with Crippen LogP contribution in [0.25, 0.3) is 0 Å². The number of amides is 2. The summed E-state index contributed by atoms with van der Waals surface area (Å²) in [4.78, 5) is 26.5. The van der Waals surface area contributed by atoms with Crippen LogP contribution in [-0.4, -0.2) is 24.5 Å². The van der Waals surface area contributed by atoms with Gasteiger partial charge in [0, 0.05) is 6.42 Å². The molecule has 0 saturated carbocycles. The molecule has 1 heterocycles. The predicted molar refractivity (Wildman–Crippen MR) is 40.9 cm³/mol. The van der Waals surface area contributed by atoms with Crippen molar-refractivity contribution >= 4 is 11.8 Å². The van der Waals surface area contributed by atoms with Crippen molar-refractivity contribution in [1.82, 2.24) is 10.8 Å². The molecule has 0 bridgehead atoms. The fourth-order valence-corrected chi connectivity index (χ4v) is 0.944. The Labute approximate surface area is 70.4 Å². The molecule has 12 heavy (non-hydrogen) atoms. The van der Waals surface area contributed by atoms with Crippen LogP contribution in [0.1, 0.15) is 19.8 Å². The van der Waals surface area contributed by atoms with Crippen molar-refractivity contribution in [1.29, 1.82) is 0 Å². The summed E-state index contributed by atoms with van der Waals surface area (Å²) in [5.74, 6) is -0.386. The first-order chi connectivity index (χ1) is 5.74. The van der Waals surface area contributed by atoms with Crippen LogP contribution in [0.15, 0.2) is 0 Å².